The lowest BCUT2D eigenvalue weighted by Gasteiger charge is -2.24. The highest BCUT2D eigenvalue weighted by Crippen LogP contribution is 2.19. The Hall–Kier alpha value is -1.56. The topological polar surface area (TPSA) is 65.5 Å². The summed E-state index contributed by atoms with van der Waals surface area (Å²) in [5, 5.41) is 11.3. The molecule has 1 aromatic heterocycles. The van der Waals surface area contributed by atoms with Crippen molar-refractivity contribution in [1.29, 1.82) is 0 Å². The van der Waals surface area contributed by atoms with E-state index in [0.717, 1.165) is 12.5 Å². The van der Waals surface area contributed by atoms with E-state index in [1.807, 2.05) is 13.8 Å². The summed E-state index contributed by atoms with van der Waals surface area (Å²) < 4.78 is 0. The first-order valence-corrected chi connectivity index (χ1v) is 7.98. The summed E-state index contributed by atoms with van der Waals surface area (Å²) in [6, 6.07) is 4.21. The largest absolute Gasteiger partial charge is 0.359 e. The van der Waals surface area contributed by atoms with Gasteiger partial charge in [0.1, 0.15) is 0 Å². The number of carbonyl (C=O) groups is 1. The molecule has 118 valence electrons. The van der Waals surface area contributed by atoms with E-state index >= 15 is 0 Å². The van der Waals surface area contributed by atoms with Crippen molar-refractivity contribution >= 4 is 23.2 Å². The maximum atomic E-state index is 11.7. The van der Waals surface area contributed by atoms with Crippen LogP contribution in [0.15, 0.2) is 22.5 Å². The van der Waals surface area contributed by atoms with Crippen LogP contribution < -0.4 is 16.0 Å². The SMILES string of the molecule is CN=C(NCC(C)c1cccs1)NCC(C)(C)C(=O)NC. The molecule has 1 amide bonds. The van der Waals surface area contributed by atoms with Gasteiger partial charge in [-0.3, -0.25) is 9.79 Å². The highest BCUT2D eigenvalue weighted by Gasteiger charge is 2.26. The Morgan fingerprint density at radius 3 is 2.67 bits per heavy atom. The third-order valence-electron chi connectivity index (χ3n) is 3.37. The Morgan fingerprint density at radius 2 is 2.14 bits per heavy atom. The Bertz CT molecular complexity index is 468. The number of carbonyl (C=O) groups excluding carboxylic acids is 1. The number of guanidine groups is 1. The minimum absolute atomic E-state index is 0.0115. The van der Waals surface area contributed by atoms with Gasteiger partial charge in [-0.25, -0.2) is 0 Å². The van der Waals surface area contributed by atoms with Crippen molar-refractivity contribution in [2.45, 2.75) is 26.7 Å². The summed E-state index contributed by atoms with van der Waals surface area (Å²) in [7, 11) is 3.39. The molecule has 3 N–H and O–H groups in total. The molecule has 0 aliphatic rings. The molecule has 1 atom stereocenters. The molecule has 1 unspecified atom stereocenters. The quantitative estimate of drug-likeness (QED) is 0.554. The number of hydrogen-bond acceptors (Lipinski definition) is 3. The summed E-state index contributed by atoms with van der Waals surface area (Å²) in [4.78, 5) is 17.3. The lowest BCUT2D eigenvalue weighted by atomic mass is 9.92. The van der Waals surface area contributed by atoms with E-state index in [1.54, 1.807) is 25.4 Å². The van der Waals surface area contributed by atoms with Gasteiger partial charge < -0.3 is 16.0 Å². The van der Waals surface area contributed by atoms with E-state index in [9.17, 15) is 4.79 Å². The van der Waals surface area contributed by atoms with E-state index in [0.29, 0.717) is 12.5 Å². The smallest absolute Gasteiger partial charge is 0.227 e. The normalized spacial score (nSPS) is 13.7. The zero-order valence-electron chi connectivity index (χ0n) is 13.5. The Kier molecular flexibility index (Phi) is 6.68. The van der Waals surface area contributed by atoms with Crippen molar-refractivity contribution < 1.29 is 4.79 Å². The summed E-state index contributed by atoms with van der Waals surface area (Å²) in [6.07, 6.45) is 0. The highest BCUT2D eigenvalue weighted by atomic mass is 32.1. The van der Waals surface area contributed by atoms with E-state index < -0.39 is 5.41 Å². The standard InChI is InChI=1S/C15H26N4OS/c1-11(12-7-6-8-21-12)9-18-14(17-5)19-10-15(2,3)13(20)16-4/h6-8,11H,9-10H2,1-5H3,(H,16,20)(H2,17,18,19). The zero-order valence-corrected chi connectivity index (χ0v) is 14.3. The van der Waals surface area contributed by atoms with Crippen LogP contribution in [0.25, 0.3) is 0 Å². The summed E-state index contributed by atoms with van der Waals surface area (Å²) in [6.45, 7) is 7.32. The molecule has 1 rings (SSSR count). The predicted octanol–water partition coefficient (Wildman–Crippen LogP) is 1.79. The number of nitrogens with zero attached hydrogens (tertiary/aromatic N) is 1. The second-order valence-electron chi connectivity index (χ2n) is 5.69. The highest BCUT2D eigenvalue weighted by molar-refractivity contribution is 7.10. The second kappa shape index (κ2) is 8.02. The molecule has 21 heavy (non-hydrogen) atoms. The number of aliphatic imine (C=N–C) groups is 1. The summed E-state index contributed by atoms with van der Waals surface area (Å²) >= 11 is 1.76. The summed E-state index contributed by atoms with van der Waals surface area (Å²) in [5.74, 6) is 1.16. The third kappa shape index (κ3) is 5.38. The minimum atomic E-state index is -0.480. The number of rotatable bonds is 6. The Labute approximate surface area is 131 Å². The molecule has 5 nitrogen and oxygen atoms in total. The molecule has 1 aromatic rings. The average molecular weight is 310 g/mol. The van der Waals surface area contributed by atoms with Crippen LogP contribution in [0.4, 0.5) is 0 Å². The van der Waals surface area contributed by atoms with Crippen molar-refractivity contribution in [2.75, 3.05) is 27.2 Å². The van der Waals surface area contributed by atoms with Crippen LogP contribution in [0.3, 0.4) is 0 Å². The van der Waals surface area contributed by atoms with Crippen LogP contribution in [0.2, 0.25) is 0 Å². The number of nitrogens with one attached hydrogen (secondary N) is 3. The van der Waals surface area contributed by atoms with Crippen LogP contribution in [-0.2, 0) is 4.79 Å². The Morgan fingerprint density at radius 1 is 1.43 bits per heavy atom. The lowest BCUT2D eigenvalue weighted by Crippen LogP contribution is -2.47. The second-order valence-corrected chi connectivity index (χ2v) is 6.67. The monoisotopic (exact) mass is 310 g/mol. The van der Waals surface area contributed by atoms with E-state index in [-0.39, 0.29) is 5.91 Å². The molecule has 0 aliphatic carbocycles. The molecule has 0 saturated heterocycles. The number of amides is 1. The summed E-state index contributed by atoms with van der Waals surface area (Å²) in [5.41, 5.74) is -0.480. The first-order valence-electron chi connectivity index (χ1n) is 7.11. The third-order valence-corrected chi connectivity index (χ3v) is 4.47. The average Bonchev–Trinajstić information content (AvgIpc) is 3.00. The van der Waals surface area contributed by atoms with Crippen LogP contribution >= 0.6 is 11.3 Å². The molecule has 0 radical (unpaired) electrons. The molecule has 0 bridgehead atoms. The first kappa shape index (κ1) is 17.5. The van der Waals surface area contributed by atoms with Gasteiger partial charge in [-0.05, 0) is 25.3 Å². The molecule has 0 aromatic carbocycles. The van der Waals surface area contributed by atoms with Gasteiger partial charge in [-0.15, -0.1) is 11.3 Å². The van der Waals surface area contributed by atoms with Gasteiger partial charge in [0.15, 0.2) is 5.96 Å². The van der Waals surface area contributed by atoms with Gasteiger partial charge in [0.05, 0.1) is 5.41 Å². The molecule has 0 spiro atoms. The fourth-order valence-corrected chi connectivity index (χ4v) is 2.65. The first-order chi connectivity index (χ1) is 9.90. The van der Waals surface area contributed by atoms with Crippen molar-refractivity contribution in [2.24, 2.45) is 10.4 Å². The van der Waals surface area contributed by atoms with Gasteiger partial charge in [0, 0.05) is 38.0 Å². The van der Waals surface area contributed by atoms with Gasteiger partial charge >= 0.3 is 0 Å². The van der Waals surface area contributed by atoms with Crippen molar-refractivity contribution in [3.63, 3.8) is 0 Å². The van der Waals surface area contributed by atoms with Gasteiger partial charge in [0.25, 0.3) is 0 Å². The molecular formula is C15H26N4OS. The molecular weight excluding hydrogens is 284 g/mol. The maximum Gasteiger partial charge on any atom is 0.227 e. The van der Waals surface area contributed by atoms with Crippen LogP contribution in [-0.4, -0.2) is 39.1 Å². The van der Waals surface area contributed by atoms with Crippen LogP contribution in [0.5, 0.6) is 0 Å². The van der Waals surface area contributed by atoms with E-state index in [1.165, 1.54) is 4.88 Å². The van der Waals surface area contributed by atoms with Crippen LogP contribution in [0, 0.1) is 5.41 Å². The fourth-order valence-electron chi connectivity index (χ4n) is 1.87. The zero-order chi connectivity index (χ0) is 15.9. The predicted molar refractivity (Wildman–Crippen MR) is 89.9 cm³/mol. The van der Waals surface area contributed by atoms with Gasteiger partial charge in [-0.2, -0.15) is 0 Å². The fraction of sp³-hybridized carbons (Fsp3) is 0.600. The van der Waals surface area contributed by atoms with Gasteiger partial charge in [0.2, 0.25) is 5.91 Å². The Balaban J connectivity index is 2.44. The van der Waals surface area contributed by atoms with E-state index in [2.05, 4.69) is 45.4 Å². The number of hydrogen-bond donors (Lipinski definition) is 3. The molecule has 1 heterocycles. The van der Waals surface area contributed by atoms with Crippen LogP contribution in [0.1, 0.15) is 31.6 Å². The van der Waals surface area contributed by atoms with Gasteiger partial charge in [-0.1, -0.05) is 13.0 Å². The van der Waals surface area contributed by atoms with Crippen molar-refractivity contribution in [3.05, 3.63) is 22.4 Å². The minimum Gasteiger partial charge on any atom is -0.359 e. The number of thiophene rings is 1. The maximum absolute atomic E-state index is 11.7. The van der Waals surface area contributed by atoms with Crippen molar-refractivity contribution in [3.8, 4) is 0 Å². The van der Waals surface area contributed by atoms with Crippen molar-refractivity contribution in [1.82, 2.24) is 16.0 Å². The molecule has 0 saturated carbocycles. The molecule has 6 heteroatoms. The molecule has 0 aliphatic heterocycles. The lowest BCUT2D eigenvalue weighted by molar-refractivity contribution is -0.128. The van der Waals surface area contributed by atoms with E-state index in [4.69, 9.17) is 0 Å². The molecule has 0 fully saturated rings.